The van der Waals surface area contributed by atoms with E-state index in [1.807, 2.05) is 0 Å². The molecule has 0 aromatic carbocycles. The maximum atomic E-state index is 12.2. The second kappa shape index (κ2) is 6.86. The van der Waals surface area contributed by atoms with Crippen LogP contribution in [-0.4, -0.2) is 32.5 Å². The second-order valence-corrected chi connectivity index (χ2v) is 4.68. The SMILES string of the molecule is COCOCCCc1ccc(C(=O)C(F)(F)F)s1. The van der Waals surface area contributed by atoms with Crippen molar-refractivity contribution in [3.8, 4) is 0 Å². The number of alkyl halides is 3. The maximum Gasteiger partial charge on any atom is 0.455 e. The zero-order valence-electron chi connectivity index (χ0n) is 9.75. The molecule has 0 unspecified atom stereocenters. The Labute approximate surface area is 107 Å². The second-order valence-electron chi connectivity index (χ2n) is 3.51. The lowest BCUT2D eigenvalue weighted by molar-refractivity contribution is -0.0882. The van der Waals surface area contributed by atoms with Gasteiger partial charge in [0.2, 0.25) is 0 Å². The molecule has 0 N–H and O–H groups in total. The Morgan fingerprint density at radius 1 is 1.39 bits per heavy atom. The van der Waals surface area contributed by atoms with E-state index in [-0.39, 0.29) is 11.7 Å². The molecular weight excluding hydrogens is 269 g/mol. The Morgan fingerprint density at radius 3 is 2.72 bits per heavy atom. The largest absolute Gasteiger partial charge is 0.455 e. The number of hydrogen-bond acceptors (Lipinski definition) is 4. The molecule has 0 bridgehead atoms. The van der Waals surface area contributed by atoms with Gasteiger partial charge in [-0.3, -0.25) is 4.79 Å². The van der Waals surface area contributed by atoms with Crippen molar-refractivity contribution in [2.24, 2.45) is 0 Å². The van der Waals surface area contributed by atoms with E-state index in [0.29, 0.717) is 19.4 Å². The lowest BCUT2D eigenvalue weighted by Crippen LogP contribution is -2.21. The third-order valence-electron chi connectivity index (χ3n) is 2.06. The van der Waals surface area contributed by atoms with Crippen molar-refractivity contribution in [1.29, 1.82) is 0 Å². The van der Waals surface area contributed by atoms with Crippen molar-refractivity contribution in [2.75, 3.05) is 20.5 Å². The third-order valence-corrected chi connectivity index (χ3v) is 3.20. The molecule has 0 atom stereocenters. The lowest BCUT2D eigenvalue weighted by Gasteiger charge is -2.02. The van der Waals surface area contributed by atoms with Crippen molar-refractivity contribution >= 4 is 17.1 Å². The number of carbonyl (C=O) groups is 1. The summed E-state index contributed by atoms with van der Waals surface area (Å²) in [6, 6.07) is 2.76. The van der Waals surface area contributed by atoms with Gasteiger partial charge in [-0.25, -0.2) is 0 Å². The number of carbonyl (C=O) groups excluding carboxylic acids is 1. The zero-order chi connectivity index (χ0) is 13.6. The molecule has 0 saturated heterocycles. The van der Waals surface area contributed by atoms with Crippen LogP contribution < -0.4 is 0 Å². The van der Waals surface area contributed by atoms with Crippen molar-refractivity contribution in [1.82, 2.24) is 0 Å². The smallest absolute Gasteiger partial charge is 0.359 e. The van der Waals surface area contributed by atoms with E-state index < -0.39 is 12.0 Å². The Balaban J connectivity index is 2.42. The van der Waals surface area contributed by atoms with Gasteiger partial charge in [-0.15, -0.1) is 11.3 Å². The third kappa shape index (κ3) is 4.75. The van der Waals surface area contributed by atoms with Crippen LogP contribution in [0.5, 0.6) is 0 Å². The van der Waals surface area contributed by atoms with E-state index in [1.165, 1.54) is 13.2 Å². The Hall–Kier alpha value is -0.920. The standard InChI is InChI=1S/C11H13F3O3S/c1-16-7-17-6-2-3-8-4-5-9(18-8)10(15)11(12,13)14/h4-5H,2-3,6-7H2,1H3. The highest BCUT2D eigenvalue weighted by Gasteiger charge is 2.40. The Kier molecular flexibility index (Phi) is 5.77. The summed E-state index contributed by atoms with van der Waals surface area (Å²) in [5.74, 6) is -1.78. The van der Waals surface area contributed by atoms with Crippen LogP contribution >= 0.6 is 11.3 Å². The van der Waals surface area contributed by atoms with Gasteiger partial charge in [0.25, 0.3) is 5.78 Å². The molecule has 0 amide bonds. The number of methoxy groups -OCH3 is 1. The number of halogens is 3. The van der Waals surface area contributed by atoms with Crippen molar-refractivity contribution < 1.29 is 27.4 Å². The maximum absolute atomic E-state index is 12.2. The van der Waals surface area contributed by atoms with Crippen LogP contribution in [-0.2, 0) is 15.9 Å². The summed E-state index contributed by atoms with van der Waals surface area (Å²) in [4.78, 5) is 11.4. The highest BCUT2D eigenvalue weighted by Crippen LogP contribution is 2.26. The van der Waals surface area contributed by atoms with Gasteiger partial charge in [-0.1, -0.05) is 0 Å². The topological polar surface area (TPSA) is 35.5 Å². The quantitative estimate of drug-likeness (QED) is 0.438. The molecule has 0 radical (unpaired) electrons. The van der Waals surface area contributed by atoms with Gasteiger partial charge in [-0.05, 0) is 25.0 Å². The van der Waals surface area contributed by atoms with Crippen LogP contribution in [0.3, 0.4) is 0 Å². The molecule has 7 heteroatoms. The normalized spacial score (nSPS) is 11.8. The molecule has 18 heavy (non-hydrogen) atoms. The lowest BCUT2D eigenvalue weighted by atomic mass is 10.2. The molecule has 3 nitrogen and oxygen atoms in total. The first-order valence-electron chi connectivity index (χ1n) is 5.22. The van der Waals surface area contributed by atoms with Crippen LogP contribution in [0, 0.1) is 0 Å². The highest BCUT2D eigenvalue weighted by molar-refractivity contribution is 7.14. The fourth-order valence-electron chi connectivity index (χ4n) is 1.26. The van der Waals surface area contributed by atoms with E-state index in [1.54, 1.807) is 6.07 Å². The summed E-state index contributed by atoms with van der Waals surface area (Å²) in [6.07, 6.45) is -3.55. The summed E-state index contributed by atoms with van der Waals surface area (Å²) in [6.45, 7) is 0.663. The number of aryl methyl sites for hydroxylation is 1. The number of rotatable bonds is 7. The Bertz CT molecular complexity index is 387. The number of Topliss-reactive ketones (excluding diaryl/α,β-unsaturated/α-hetero) is 1. The number of hydrogen-bond donors (Lipinski definition) is 0. The monoisotopic (exact) mass is 282 g/mol. The summed E-state index contributed by atoms with van der Waals surface area (Å²) in [5.41, 5.74) is 0. The predicted octanol–water partition coefficient (Wildman–Crippen LogP) is 3.05. The average Bonchev–Trinajstić information content (AvgIpc) is 2.75. The molecule has 0 aliphatic carbocycles. The van der Waals surface area contributed by atoms with Crippen molar-refractivity contribution in [2.45, 2.75) is 19.0 Å². The van der Waals surface area contributed by atoms with Gasteiger partial charge in [-0.2, -0.15) is 13.2 Å². The number of ketones is 1. The van der Waals surface area contributed by atoms with E-state index >= 15 is 0 Å². The molecule has 102 valence electrons. The van der Waals surface area contributed by atoms with Crippen molar-refractivity contribution in [3.05, 3.63) is 21.9 Å². The molecule has 0 spiro atoms. The first-order valence-corrected chi connectivity index (χ1v) is 6.03. The molecule has 1 aromatic rings. The number of thiophene rings is 1. The van der Waals surface area contributed by atoms with Crippen LogP contribution in [0.4, 0.5) is 13.2 Å². The van der Waals surface area contributed by atoms with Gasteiger partial charge >= 0.3 is 6.18 Å². The van der Waals surface area contributed by atoms with Crippen LogP contribution in [0.2, 0.25) is 0 Å². The van der Waals surface area contributed by atoms with E-state index in [2.05, 4.69) is 4.74 Å². The molecule has 1 rings (SSSR count). The molecule has 0 fully saturated rings. The number of ether oxygens (including phenoxy) is 2. The van der Waals surface area contributed by atoms with Crippen LogP contribution in [0.15, 0.2) is 12.1 Å². The summed E-state index contributed by atoms with van der Waals surface area (Å²) in [7, 11) is 1.51. The average molecular weight is 282 g/mol. The summed E-state index contributed by atoms with van der Waals surface area (Å²) in [5, 5.41) is 0. The van der Waals surface area contributed by atoms with Gasteiger partial charge in [0, 0.05) is 18.6 Å². The Morgan fingerprint density at radius 2 is 2.11 bits per heavy atom. The van der Waals surface area contributed by atoms with E-state index in [9.17, 15) is 18.0 Å². The van der Waals surface area contributed by atoms with Crippen molar-refractivity contribution in [3.63, 3.8) is 0 Å². The van der Waals surface area contributed by atoms with E-state index in [4.69, 9.17) is 4.74 Å². The fraction of sp³-hybridized carbons (Fsp3) is 0.545. The minimum Gasteiger partial charge on any atom is -0.359 e. The highest BCUT2D eigenvalue weighted by atomic mass is 32.1. The van der Waals surface area contributed by atoms with Gasteiger partial charge in [0.05, 0.1) is 4.88 Å². The first-order chi connectivity index (χ1) is 8.45. The molecule has 0 aliphatic heterocycles. The first kappa shape index (κ1) is 15.1. The minimum absolute atomic E-state index is 0.197. The summed E-state index contributed by atoms with van der Waals surface area (Å²) >= 11 is 0.875. The molecular formula is C11H13F3O3S. The van der Waals surface area contributed by atoms with Crippen LogP contribution in [0.1, 0.15) is 21.0 Å². The molecule has 1 aromatic heterocycles. The fourth-order valence-corrected chi connectivity index (χ4v) is 2.27. The van der Waals surface area contributed by atoms with E-state index in [0.717, 1.165) is 16.2 Å². The molecule has 1 heterocycles. The van der Waals surface area contributed by atoms with Gasteiger partial charge < -0.3 is 9.47 Å². The predicted molar refractivity (Wildman–Crippen MR) is 60.9 cm³/mol. The van der Waals surface area contributed by atoms with Gasteiger partial charge in [0.1, 0.15) is 6.79 Å². The minimum atomic E-state index is -4.80. The van der Waals surface area contributed by atoms with Crippen LogP contribution in [0.25, 0.3) is 0 Å². The van der Waals surface area contributed by atoms with Gasteiger partial charge in [0.15, 0.2) is 0 Å². The molecule has 0 saturated carbocycles. The zero-order valence-corrected chi connectivity index (χ0v) is 10.6. The summed E-state index contributed by atoms with van der Waals surface area (Å²) < 4.78 is 46.2. The molecule has 0 aliphatic rings.